The fraction of sp³-hybridized carbons (Fsp3) is 0.438. The van der Waals surface area contributed by atoms with E-state index < -0.39 is 0 Å². The zero-order chi connectivity index (χ0) is 15.5. The van der Waals surface area contributed by atoms with Gasteiger partial charge < -0.3 is 14.5 Å². The Balaban J connectivity index is 1.96. The van der Waals surface area contributed by atoms with E-state index in [2.05, 4.69) is 31.1 Å². The van der Waals surface area contributed by atoms with E-state index in [0.717, 1.165) is 17.1 Å². The predicted molar refractivity (Wildman–Crippen MR) is 83.6 cm³/mol. The summed E-state index contributed by atoms with van der Waals surface area (Å²) in [5.74, 6) is 2.43. The number of hydrogen-bond donors (Lipinski definition) is 1. The van der Waals surface area contributed by atoms with E-state index in [0.29, 0.717) is 23.9 Å². The van der Waals surface area contributed by atoms with Gasteiger partial charge >= 0.3 is 0 Å². The first-order valence-corrected chi connectivity index (χ1v) is 7.28. The Labute approximate surface area is 130 Å². The Morgan fingerprint density at radius 2 is 2.05 bits per heavy atom. The molecule has 0 saturated heterocycles. The van der Waals surface area contributed by atoms with E-state index in [1.807, 2.05) is 13.0 Å². The molecular formula is C16H21ClN2O2. The third-order valence-corrected chi connectivity index (χ3v) is 3.15. The maximum absolute atomic E-state index is 5.88. The normalized spacial score (nSPS) is 11.7. The van der Waals surface area contributed by atoms with Crippen LogP contribution in [0.4, 0.5) is 0 Å². The minimum absolute atomic E-state index is 0.0593. The van der Waals surface area contributed by atoms with Crippen LogP contribution in [-0.4, -0.2) is 10.5 Å². The van der Waals surface area contributed by atoms with Crippen molar-refractivity contribution in [3.8, 4) is 5.75 Å². The minimum atomic E-state index is 0.0593. The summed E-state index contributed by atoms with van der Waals surface area (Å²) in [6.45, 7) is 9.45. The second kappa shape index (κ2) is 6.50. The predicted octanol–water partition coefficient (Wildman–Crippen LogP) is 4.10. The minimum Gasteiger partial charge on any atom is -0.487 e. The van der Waals surface area contributed by atoms with Crippen molar-refractivity contribution < 1.29 is 9.15 Å². The number of rotatable bonds is 5. The number of halogens is 1. The Kier molecular flexibility index (Phi) is 4.91. The number of nitrogens with zero attached hydrogens (tertiary/aromatic N) is 1. The third kappa shape index (κ3) is 5.06. The number of aromatic nitrogens is 1. The molecule has 1 N–H and O–H groups in total. The highest BCUT2D eigenvalue weighted by Gasteiger charge is 2.12. The first-order chi connectivity index (χ1) is 9.83. The van der Waals surface area contributed by atoms with Crippen molar-refractivity contribution in [3.05, 3.63) is 46.6 Å². The van der Waals surface area contributed by atoms with Gasteiger partial charge in [0.05, 0.1) is 17.8 Å². The fourth-order valence-corrected chi connectivity index (χ4v) is 1.97. The summed E-state index contributed by atoms with van der Waals surface area (Å²) in [4.78, 5) is 3.99. The molecule has 2 aromatic rings. The van der Waals surface area contributed by atoms with Gasteiger partial charge in [-0.05, 0) is 33.8 Å². The van der Waals surface area contributed by atoms with E-state index in [-0.39, 0.29) is 5.54 Å². The van der Waals surface area contributed by atoms with Crippen LogP contribution < -0.4 is 10.1 Å². The number of nitrogens with one attached hydrogen (secondary N) is 1. The molecule has 2 rings (SSSR count). The summed E-state index contributed by atoms with van der Waals surface area (Å²) in [6, 6.07) is 3.76. The molecule has 0 unspecified atom stereocenters. The zero-order valence-corrected chi connectivity index (χ0v) is 13.6. The summed E-state index contributed by atoms with van der Waals surface area (Å²) in [5.41, 5.74) is 1.09. The second-order valence-corrected chi connectivity index (χ2v) is 6.46. The third-order valence-electron chi connectivity index (χ3n) is 2.94. The van der Waals surface area contributed by atoms with Gasteiger partial charge in [0.15, 0.2) is 0 Å². The van der Waals surface area contributed by atoms with Gasteiger partial charge in [0, 0.05) is 23.4 Å². The lowest BCUT2D eigenvalue weighted by Crippen LogP contribution is -2.34. The van der Waals surface area contributed by atoms with Gasteiger partial charge in [0.25, 0.3) is 0 Å². The smallest absolute Gasteiger partial charge is 0.139 e. The van der Waals surface area contributed by atoms with E-state index in [1.165, 1.54) is 0 Å². The molecule has 0 atom stereocenters. The molecule has 0 spiro atoms. The van der Waals surface area contributed by atoms with Crippen molar-refractivity contribution in [2.75, 3.05) is 0 Å². The van der Waals surface area contributed by atoms with Crippen molar-refractivity contribution >= 4 is 11.6 Å². The van der Waals surface area contributed by atoms with Crippen molar-refractivity contribution in [1.82, 2.24) is 10.3 Å². The largest absolute Gasteiger partial charge is 0.487 e. The molecule has 0 saturated carbocycles. The van der Waals surface area contributed by atoms with Crippen LogP contribution in [0, 0.1) is 6.92 Å². The number of ether oxygens (including phenoxy) is 1. The topological polar surface area (TPSA) is 47.3 Å². The summed E-state index contributed by atoms with van der Waals surface area (Å²) >= 11 is 5.88. The van der Waals surface area contributed by atoms with Crippen molar-refractivity contribution in [3.63, 3.8) is 0 Å². The molecule has 0 fully saturated rings. The Bertz CT molecular complexity index is 603. The lowest BCUT2D eigenvalue weighted by Gasteiger charge is -2.19. The molecule has 4 nitrogen and oxygen atoms in total. The van der Waals surface area contributed by atoms with Crippen LogP contribution >= 0.6 is 11.6 Å². The lowest BCUT2D eigenvalue weighted by molar-refractivity contribution is 0.301. The maximum Gasteiger partial charge on any atom is 0.139 e. The fourth-order valence-electron chi connectivity index (χ4n) is 1.80. The van der Waals surface area contributed by atoms with Crippen LogP contribution in [0.15, 0.2) is 28.9 Å². The van der Waals surface area contributed by atoms with Gasteiger partial charge in [-0.15, -0.1) is 0 Å². The highest BCUT2D eigenvalue weighted by atomic mass is 35.5. The lowest BCUT2D eigenvalue weighted by atomic mass is 10.1. The molecule has 5 heteroatoms. The number of aryl methyl sites for hydroxylation is 1. The Morgan fingerprint density at radius 3 is 2.71 bits per heavy atom. The maximum atomic E-state index is 5.88. The quantitative estimate of drug-likeness (QED) is 0.903. The summed E-state index contributed by atoms with van der Waals surface area (Å²) in [6.07, 6.45) is 3.22. The SMILES string of the molecule is Cc1oc(CNC(C)(C)C)cc1COc1cncc(Cl)c1. The summed E-state index contributed by atoms with van der Waals surface area (Å²) < 4.78 is 11.4. The molecule has 0 radical (unpaired) electrons. The molecular weight excluding hydrogens is 288 g/mol. The van der Waals surface area contributed by atoms with Crippen molar-refractivity contribution in [2.45, 2.75) is 46.4 Å². The van der Waals surface area contributed by atoms with Crippen molar-refractivity contribution in [1.29, 1.82) is 0 Å². The highest BCUT2D eigenvalue weighted by Crippen LogP contribution is 2.20. The molecule has 0 aromatic carbocycles. The first kappa shape index (κ1) is 15.9. The van der Waals surface area contributed by atoms with Crippen LogP contribution in [0.3, 0.4) is 0 Å². The average Bonchev–Trinajstić information content (AvgIpc) is 2.74. The van der Waals surface area contributed by atoms with Gasteiger partial charge in [-0.3, -0.25) is 4.98 Å². The molecule has 21 heavy (non-hydrogen) atoms. The molecule has 0 aliphatic rings. The first-order valence-electron chi connectivity index (χ1n) is 6.90. The van der Waals surface area contributed by atoms with Crippen LogP contribution in [0.25, 0.3) is 0 Å². The summed E-state index contributed by atoms with van der Waals surface area (Å²) in [5, 5.41) is 3.96. The van der Waals surface area contributed by atoms with Crippen molar-refractivity contribution in [2.24, 2.45) is 0 Å². The molecule has 0 bridgehead atoms. The van der Waals surface area contributed by atoms with E-state index in [1.54, 1.807) is 18.5 Å². The van der Waals surface area contributed by atoms with E-state index in [9.17, 15) is 0 Å². The van der Waals surface area contributed by atoms with Gasteiger partial charge in [-0.2, -0.15) is 0 Å². The second-order valence-electron chi connectivity index (χ2n) is 6.03. The van der Waals surface area contributed by atoms with Crippen LogP contribution in [-0.2, 0) is 13.2 Å². The Morgan fingerprint density at radius 1 is 1.29 bits per heavy atom. The zero-order valence-electron chi connectivity index (χ0n) is 12.9. The van der Waals surface area contributed by atoms with Crippen LogP contribution in [0.1, 0.15) is 37.9 Å². The van der Waals surface area contributed by atoms with Gasteiger partial charge in [-0.1, -0.05) is 11.6 Å². The monoisotopic (exact) mass is 308 g/mol. The number of hydrogen-bond acceptors (Lipinski definition) is 4. The molecule has 0 aliphatic carbocycles. The van der Waals surface area contributed by atoms with Gasteiger partial charge in [-0.25, -0.2) is 0 Å². The average molecular weight is 309 g/mol. The molecule has 0 aliphatic heterocycles. The van der Waals surface area contributed by atoms with Crippen LogP contribution in [0.2, 0.25) is 5.02 Å². The molecule has 114 valence electrons. The molecule has 0 amide bonds. The number of furan rings is 1. The molecule has 2 heterocycles. The standard InChI is InChI=1S/C16H21ClN2O2/c1-11-12(5-15(21-11)9-19-16(2,3)4)10-20-14-6-13(17)7-18-8-14/h5-8,19H,9-10H2,1-4H3. The van der Waals surface area contributed by atoms with Gasteiger partial charge in [0.1, 0.15) is 23.9 Å². The van der Waals surface area contributed by atoms with Gasteiger partial charge in [0.2, 0.25) is 0 Å². The summed E-state index contributed by atoms with van der Waals surface area (Å²) in [7, 11) is 0. The molecule has 2 aromatic heterocycles. The van der Waals surface area contributed by atoms with E-state index in [4.69, 9.17) is 20.8 Å². The van der Waals surface area contributed by atoms with E-state index >= 15 is 0 Å². The Hall–Kier alpha value is -1.52. The highest BCUT2D eigenvalue weighted by molar-refractivity contribution is 6.30. The van der Waals surface area contributed by atoms with Crippen LogP contribution in [0.5, 0.6) is 5.75 Å². The number of pyridine rings is 1.